The lowest BCUT2D eigenvalue weighted by molar-refractivity contribution is -0.274. The second-order valence-electron chi connectivity index (χ2n) is 8.52. The van der Waals surface area contributed by atoms with E-state index in [1.165, 1.54) is 12.1 Å². The number of ether oxygens (including phenoxy) is 1. The van der Waals surface area contributed by atoms with Crippen LogP contribution in [0, 0.1) is 0 Å². The van der Waals surface area contributed by atoms with Gasteiger partial charge in [0.15, 0.2) is 0 Å². The Bertz CT molecular complexity index is 647. The van der Waals surface area contributed by atoms with Gasteiger partial charge >= 0.3 is 6.36 Å². The van der Waals surface area contributed by atoms with E-state index in [2.05, 4.69) is 28.8 Å². The van der Waals surface area contributed by atoms with Crippen molar-refractivity contribution in [2.24, 2.45) is 0 Å². The van der Waals surface area contributed by atoms with E-state index in [-0.39, 0.29) is 36.5 Å². The fourth-order valence-corrected chi connectivity index (χ4v) is 4.87. The summed E-state index contributed by atoms with van der Waals surface area (Å²) in [5.74, 6) is -0.474. The zero-order chi connectivity index (χ0) is 20.4. The van der Waals surface area contributed by atoms with Gasteiger partial charge in [0.1, 0.15) is 5.75 Å². The Kier molecular flexibility index (Phi) is 10.2. The molecule has 0 spiro atoms. The zero-order valence-corrected chi connectivity index (χ0v) is 19.1. The quantitative estimate of drug-likeness (QED) is 0.640. The Morgan fingerprint density at radius 3 is 2.30 bits per heavy atom. The average Bonchev–Trinajstić information content (AvgIpc) is 2.58. The molecule has 1 aromatic rings. The van der Waals surface area contributed by atoms with Crippen LogP contribution in [0.25, 0.3) is 0 Å². The van der Waals surface area contributed by atoms with Gasteiger partial charge in [-0.05, 0) is 44.4 Å². The third-order valence-electron chi connectivity index (χ3n) is 5.94. The van der Waals surface area contributed by atoms with Gasteiger partial charge in [-0.2, -0.15) is 0 Å². The minimum atomic E-state index is -4.72. The summed E-state index contributed by atoms with van der Waals surface area (Å²) in [5.41, 5.74) is -0.183. The van der Waals surface area contributed by atoms with Crippen molar-refractivity contribution in [2.75, 3.05) is 19.6 Å². The molecule has 3 unspecified atom stereocenters. The van der Waals surface area contributed by atoms with Crippen LogP contribution in [0.15, 0.2) is 24.3 Å². The Morgan fingerprint density at radius 2 is 1.73 bits per heavy atom. The van der Waals surface area contributed by atoms with E-state index in [0.29, 0.717) is 37.0 Å². The highest BCUT2D eigenvalue weighted by Gasteiger charge is 2.41. The van der Waals surface area contributed by atoms with Gasteiger partial charge < -0.3 is 15.2 Å². The monoisotopic (exact) mass is 472 g/mol. The van der Waals surface area contributed by atoms with E-state index in [4.69, 9.17) is 0 Å². The molecule has 174 valence electrons. The van der Waals surface area contributed by atoms with Crippen LogP contribution in [0.4, 0.5) is 13.2 Å². The summed E-state index contributed by atoms with van der Waals surface area (Å²) in [5, 5.41) is 15.0. The summed E-state index contributed by atoms with van der Waals surface area (Å²) in [6, 6.07) is 6.83. The van der Waals surface area contributed by atoms with Gasteiger partial charge in [0, 0.05) is 37.6 Å². The normalized spacial score (nSPS) is 25.5. The maximum Gasteiger partial charge on any atom is 0.573 e. The second-order valence-corrected chi connectivity index (χ2v) is 8.52. The molecular weight excluding hydrogens is 440 g/mol. The molecule has 3 rings (SSSR count). The molecule has 1 aliphatic heterocycles. The predicted molar refractivity (Wildman–Crippen MR) is 117 cm³/mol. The molecule has 0 aromatic heterocycles. The number of benzene rings is 1. The molecule has 1 heterocycles. The van der Waals surface area contributed by atoms with E-state index in [1.54, 1.807) is 6.07 Å². The molecule has 0 radical (unpaired) electrons. The lowest BCUT2D eigenvalue weighted by Crippen LogP contribution is -2.56. The molecule has 1 saturated carbocycles. The topological polar surface area (TPSA) is 44.7 Å². The number of piperazine rings is 1. The number of nitrogens with one attached hydrogen (secondary N) is 1. The predicted octanol–water partition coefficient (Wildman–Crippen LogP) is 4.89. The van der Waals surface area contributed by atoms with Crippen LogP contribution in [0.3, 0.4) is 0 Å². The SMILES string of the molecule is CC1CN(CC(c2cccc(OC(F)(F)F)c2)C2(O)CCCCC2)CC(C)N1.Cl.Cl. The van der Waals surface area contributed by atoms with Gasteiger partial charge in [-0.1, -0.05) is 31.4 Å². The molecule has 1 saturated heterocycles. The van der Waals surface area contributed by atoms with Crippen LogP contribution in [0.2, 0.25) is 0 Å². The second kappa shape index (κ2) is 11.2. The van der Waals surface area contributed by atoms with E-state index in [9.17, 15) is 18.3 Å². The van der Waals surface area contributed by atoms with Gasteiger partial charge in [-0.15, -0.1) is 38.0 Å². The van der Waals surface area contributed by atoms with Crippen LogP contribution >= 0.6 is 24.8 Å². The summed E-state index contributed by atoms with van der Waals surface area (Å²) in [4.78, 5) is 2.32. The van der Waals surface area contributed by atoms with Crippen molar-refractivity contribution in [1.29, 1.82) is 0 Å². The number of alkyl halides is 3. The van der Waals surface area contributed by atoms with E-state index >= 15 is 0 Å². The van der Waals surface area contributed by atoms with Crippen molar-refractivity contribution in [3.8, 4) is 5.75 Å². The molecule has 3 atom stereocenters. The van der Waals surface area contributed by atoms with Crippen LogP contribution in [0.1, 0.15) is 57.4 Å². The average molecular weight is 473 g/mol. The number of aliphatic hydroxyl groups is 1. The number of rotatable bonds is 5. The van der Waals surface area contributed by atoms with Gasteiger partial charge in [-0.25, -0.2) is 0 Å². The molecule has 0 bridgehead atoms. The van der Waals surface area contributed by atoms with Crippen molar-refractivity contribution < 1.29 is 23.0 Å². The highest BCUT2D eigenvalue weighted by Crippen LogP contribution is 2.41. The Hall–Kier alpha value is -0.730. The van der Waals surface area contributed by atoms with E-state index < -0.39 is 12.0 Å². The van der Waals surface area contributed by atoms with Crippen molar-refractivity contribution in [3.63, 3.8) is 0 Å². The molecule has 30 heavy (non-hydrogen) atoms. The van der Waals surface area contributed by atoms with Crippen LogP contribution in [-0.4, -0.2) is 53.7 Å². The van der Waals surface area contributed by atoms with Gasteiger partial charge in [0.25, 0.3) is 0 Å². The number of hydrogen-bond donors (Lipinski definition) is 2. The van der Waals surface area contributed by atoms with Crippen LogP contribution < -0.4 is 10.1 Å². The first-order valence-corrected chi connectivity index (χ1v) is 10.2. The van der Waals surface area contributed by atoms with Crippen molar-refractivity contribution in [3.05, 3.63) is 29.8 Å². The largest absolute Gasteiger partial charge is 0.573 e. The Labute approximate surface area is 189 Å². The first-order chi connectivity index (χ1) is 13.1. The van der Waals surface area contributed by atoms with E-state index in [0.717, 1.165) is 32.4 Å². The summed E-state index contributed by atoms with van der Waals surface area (Å²) in [6.07, 6.45) is -0.383. The standard InChI is InChI=1S/C21H31F3N2O2.2ClH/c1-15-12-26(13-16(2)25-15)14-19(20(27)9-4-3-5-10-20)17-7-6-8-18(11-17)28-21(22,23)24;;/h6-8,11,15-16,19,25,27H,3-5,9-10,12-14H2,1-2H3;2*1H. The Morgan fingerprint density at radius 1 is 1.13 bits per heavy atom. The molecule has 9 heteroatoms. The van der Waals surface area contributed by atoms with Crippen molar-refractivity contribution >= 4 is 24.8 Å². The minimum absolute atomic E-state index is 0. The van der Waals surface area contributed by atoms with Gasteiger partial charge in [0.05, 0.1) is 5.60 Å². The van der Waals surface area contributed by atoms with Crippen LogP contribution in [0.5, 0.6) is 5.75 Å². The lowest BCUT2D eigenvalue weighted by Gasteiger charge is -2.44. The van der Waals surface area contributed by atoms with Gasteiger partial charge in [0.2, 0.25) is 0 Å². The maximum absolute atomic E-state index is 12.7. The third-order valence-corrected chi connectivity index (χ3v) is 5.94. The zero-order valence-electron chi connectivity index (χ0n) is 17.5. The molecule has 4 nitrogen and oxygen atoms in total. The molecule has 1 aliphatic carbocycles. The molecule has 1 aromatic carbocycles. The summed E-state index contributed by atoms with van der Waals surface area (Å²) in [7, 11) is 0. The summed E-state index contributed by atoms with van der Waals surface area (Å²) < 4.78 is 42.2. The van der Waals surface area contributed by atoms with Gasteiger partial charge in [-0.3, -0.25) is 4.90 Å². The molecule has 2 N–H and O–H groups in total. The molecule has 0 amide bonds. The highest BCUT2D eigenvalue weighted by molar-refractivity contribution is 5.85. The summed E-state index contributed by atoms with van der Waals surface area (Å²) >= 11 is 0. The first kappa shape index (κ1) is 27.3. The summed E-state index contributed by atoms with van der Waals surface area (Å²) in [6.45, 7) is 6.60. The Balaban J connectivity index is 0.00000225. The highest BCUT2D eigenvalue weighted by atomic mass is 35.5. The van der Waals surface area contributed by atoms with Crippen molar-refractivity contribution in [2.45, 2.75) is 75.9 Å². The smallest absolute Gasteiger partial charge is 0.406 e. The fraction of sp³-hybridized carbons (Fsp3) is 0.714. The van der Waals surface area contributed by atoms with E-state index in [1.807, 2.05) is 6.07 Å². The van der Waals surface area contributed by atoms with Crippen molar-refractivity contribution in [1.82, 2.24) is 10.2 Å². The molecule has 2 aliphatic rings. The lowest BCUT2D eigenvalue weighted by atomic mass is 9.72. The molecule has 2 fully saturated rings. The third kappa shape index (κ3) is 7.45. The fourth-order valence-electron chi connectivity index (χ4n) is 4.87. The number of hydrogen-bond acceptors (Lipinski definition) is 4. The maximum atomic E-state index is 12.7. The van der Waals surface area contributed by atoms with Crippen LogP contribution in [-0.2, 0) is 0 Å². The number of nitrogens with zero attached hydrogens (tertiary/aromatic N) is 1. The minimum Gasteiger partial charge on any atom is -0.406 e. The molecular formula is C21H33Cl2F3N2O2. The number of halogens is 5. The first-order valence-electron chi connectivity index (χ1n) is 10.2.